The molecule has 0 radical (unpaired) electrons. The van der Waals surface area contributed by atoms with E-state index in [4.69, 9.17) is 22.1 Å². The summed E-state index contributed by atoms with van der Waals surface area (Å²) < 4.78 is 5.62. The molecule has 3 aromatic rings. The van der Waals surface area contributed by atoms with Gasteiger partial charge in [-0.1, -0.05) is 17.7 Å². The summed E-state index contributed by atoms with van der Waals surface area (Å²) in [4.78, 5) is 16.3. The normalized spacial score (nSPS) is 12.2. The molecule has 134 valence electrons. The molecule has 0 fully saturated rings. The van der Waals surface area contributed by atoms with E-state index < -0.39 is 5.91 Å². The SMILES string of the molecule is Cc1c(Cl)ccc2c(Nc3cccc4c3CCO4)c(C(N)=O)cnc12.Cl. The maximum absolute atomic E-state index is 11.9. The van der Waals surface area contributed by atoms with Crippen LogP contribution in [0.1, 0.15) is 21.5 Å². The summed E-state index contributed by atoms with van der Waals surface area (Å²) in [5.41, 5.74) is 10.1. The van der Waals surface area contributed by atoms with Gasteiger partial charge in [-0.05, 0) is 36.8 Å². The molecule has 5 nitrogen and oxygen atoms in total. The van der Waals surface area contributed by atoms with E-state index in [1.165, 1.54) is 6.20 Å². The molecular weight excluding hydrogens is 373 g/mol. The van der Waals surface area contributed by atoms with Crippen LogP contribution in [-0.2, 0) is 6.42 Å². The predicted octanol–water partition coefficient (Wildman–Crippen LogP) is 4.40. The van der Waals surface area contributed by atoms with Crippen molar-refractivity contribution in [2.45, 2.75) is 13.3 Å². The molecule has 3 N–H and O–H groups in total. The van der Waals surface area contributed by atoms with Crippen molar-refractivity contribution in [2.75, 3.05) is 11.9 Å². The van der Waals surface area contributed by atoms with Crippen molar-refractivity contribution in [1.29, 1.82) is 0 Å². The number of carbonyl (C=O) groups excluding carboxylic acids is 1. The van der Waals surface area contributed by atoms with E-state index in [2.05, 4.69) is 10.3 Å². The second kappa shape index (κ2) is 7.02. The van der Waals surface area contributed by atoms with Crippen LogP contribution in [0.5, 0.6) is 5.75 Å². The number of hydrogen-bond acceptors (Lipinski definition) is 4. The van der Waals surface area contributed by atoms with Crippen molar-refractivity contribution in [2.24, 2.45) is 5.73 Å². The van der Waals surface area contributed by atoms with Gasteiger partial charge in [0, 0.05) is 34.3 Å². The van der Waals surface area contributed by atoms with Gasteiger partial charge < -0.3 is 15.8 Å². The average Bonchev–Trinajstić information content (AvgIpc) is 3.08. The lowest BCUT2D eigenvalue weighted by Gasteiger charge is -2.16. The summed E-state index contributed by atoms with van der Waals surface area (Å²) in [5.74, 6) is 0.330. The molecule has 0 aliphatic carbocycles. The van der Waals surface area contributed by atoms with Gasteiger partial charge in [0.15, 0.2) is 0 Å². The van der Waals surface area contributed by atoms with Gasteiger partial charge in [-0.15, -0.1) is 12.4 Å². The molecule has 1 amide bonds. The van der Waals surface area contributed by atoms with Gasteiger partial charge in [0.1, 0.15) is 5.75 Å². The zero-order valence-electron chi connectivity index (χ0n) is 14.0. The van der Waals surface area contributed by atoms with E-state index in [-0.39, 0.29) is 12.4 Å². The van der Waals surface area contributed by atoms with Crippen molar-refractivity contribution in [3.05, 3.63) is 58.2 Å². The van der Waals surface area contributed by atoms with Crippen molar-refractivity contribution in [3.8, 4) is 5.75 Å². The number of aromatic nitrogens is 1. The molecule has 4 rings (SSSR count). The standard InChI is InChI=1S/C19H16ClN3O2.ClH/c1-10-14(20)6-5-12-17(10)22-9-13(19(21)24)18(12)23-15-3-2-4-16-11(15)7-8-25-16;/h2-6,9H,7-8H2,1H3,(H2,21,24)(H,22,23);1H. The number of nitrogens with zero attached hydrogens (tertiary/aromatic N) is 1. The van der Waals surface area contributed by atoms with Crippen LogP contribution in [0.3, 0.4) is 0 Å². The number of nitrogens with one attached hydrogen (secondary N) is 1. The summed E-state index contributed by atoms with van der Waals surface area (Å²) in [6, 6.07) is 9.48. The highest BCUT2D eigenvalue weighted by Crippen LogP contribution is 2.37. The Bertz CT molecular complexity index is 1020. The average molecular weight is 390 g/mol. The largest absolute Gasteiger partial charge is 0.493 e. The van der Waals surface area contributed by atoms with E-state index in [1.54, 1.807) is 6.07 Å². The van der Waals surface area contributed by atoms with Crippen LogP contribution in [0.15, 0.2) is 36.5 Å². The number of fused-ring (bicyclic) bond motifs is 2. The van der Waals surface area contributed by atoms with Crippen LogP contribution in [-0.4, -0.2) is 17.5 Å². The third kappa shape index (κ3) is 2.93. The molecule has 0 atom stereocenters. The summed E-state index contributed by atoms with van der Waals surface area (Å²) >= 11 is 6.21. The summed E-state index contributed by atoms with van der Waals surface area (Å²) in [6.45, 7) is 2.56. The van der Waals surface area contributed by atoms with Gasteiger partial charge in [0.2, 0.25) is 0 Å². The second-order valence-corrected chi connectivity index (χ2v) is 6.39. The van der Waals surface area contributed by atoms with Crippen molar-refractivity contribution >= 4 is 52.2 Å². The molecule has 26 heavy (non-hydrogen) atoms. The molecule has 0 saturated heterocycles. The highest BCUT2D eigenvalue weighted by Gasteiger charge is 2.20. The molecule has 7 heteroatoms. The van der Waals surface area contributed by atoms with Gasteiger partial charge in [-0.2, -0.15) is 0 Å². The molecule has 0 saturated carbocycles. The van der Waals surface area contributed by atoms with Crippen molar-refractivity contribution < 1.29 is 9.53 Å². The Kier molecular flexibility index (Phi) is 4.94. The molecule has 1 aliphatic heterocycles. The number of rotatable bonds is 3. The maximum atomic E-state index is 11.9. The van der Waals surface area contributed by atoms with Crippen LogP contribution in [0.4, 0.5) is 11.4 Å². The first-order chi connectivity index (χ1) is 12.1. The van der Waals surface area contributed by atoms with Crippen LogP contribution < -0.4 is 15.8 Å². The highest BCUT2D eigenvalue weighted by molar-refractivity contribution is 6.32. The Balaban J connectivity index is 0.00000196. The number of amides is 1. The minimum Gasteiger partial charge on any atom is -0.493 e. The van der Waals surface area contributed by atoms with Gasteiger partial charge in [-0.3, -0.25) is 9.78 Å². The Morgan fingerprint density at radius 3 is 2.88 bits per heavy atom. The van der Waals surface area contributed by atoms with Gasteiger partial charge in [0.05, 0.1) is 23.4 Å². The lowest BCUT2D eigenvalue weighted by molar-refractivity contribution is 0.100. The topological polar surface area (TPSA) is 77.2 Å². The Morgan fingerprint density at radius 2 is 2.12 bits per heavy atom. The summed E-state index contributed by atoms with van der Waals surface area (Å²) in [5, 5.41) is 4.81. The zero-order chi connectivity index (χ0) is 17.6. The number of aryl methyl sites for hydroxylation is 1. The van der Waals surface area contributed by atoms with E-state index in [0.717, 1.165) is 39.9 Å². The number of pyridine rings is 1. The molecular formula is C19H17Cl2N3O2. The fourth-order valence-corrected chi connectivity index (χ4v) is 3.33. The minimum atomic E-state index is -0.534. The zero-order valence-corrected chi connectivity index (χ0v) is 15.6. The third-order valence-corrected chi connectivity index (χ3v) is 4.90. The number of carbonyl (C=O) groups is 1. The molecule has 0 bridgehead atoms. The first-order valence-electron chi connectivity index (χ1n) is 7.95. The number of halogens is 2. The number of benzene rings is 2. The number of anilines is 2. The fourth-order valence-electron chi connectivity index (χ4n) is 3.18. The van der Waals surface area contributed by atoms with E-state index in [0.29, 0.717) is 22.9 Å². The van der Waals surface area contributed by atoms with Gasteiger partial charge in [-0.25, -0.2) is 0 Å². The number of ether oxygens (including phenoxy) is 1. The van der Waals surface area contributed by atoms with E-state index in [9.17, 15) is 4.79 Å². The smallest absolute Gasteiger partial charge is 0.252 e. The lowest BCUT2D eigenvalue weighted by atomic mass is 10.0. The third-order valence-electron chi connectivity index (χ3n) is 4.49. The Labute approximate surface area is 161 Å². The molecule has 2 heterocycles. The van der Waals surface area contributed by atoms with Crippen LogP contribution in [0.2, 0.25) is 5.02 Å². The highest BCUT2D eigenvalue weighted by atomic mass is 35.5. The van der Waals surface area contributed by atoms with Crippen molar-refractivity contribution in [1.82, 2.24) is 4.98 Å². The fraction of sp³-hybridized carbons (Fsp3) is 0.158. The van der Waals surface area contributed by atoms with Gasteiger partial charge in [0.25, 0.3) is 5.91 Å². The summed E-state index contributed by atoms with van der Waals surface area (Å²) in [6.07, 6.45) is 2.31. The van der Waals surface area contributed by atoms with E-state index in [1.807, 2.05) is 31.2 Å². The lowest BCUT2D eigenvalue weighted by Crippen LogP contribution is -2.14. The Morgan fingerprint density at radius 1 is 1.31 bits per heavy atom. The van der Waals surface area contributed by atoms with Gasteiger partial charge >= 0.3 is 0 Å². The van der Waals surface area contributed by atoms with E-state index >= 15 is 0 Å². The summed E-state index contributed by atoms with van der Waals surface area (Å²) in [7, 11) is 0. The number of primary amides is 1. The maximum Gasteiger partial charge on any atom is 0.252 e. The van der Waals surface area contributed by atoms with Crippen LogP contribution in [0, 0.1) is 6.92 Å². The quantitative estimate of drug-likeness (QED) is 0.695. The molecule has 1 aliphatic rings. The molecule has 1 aromatic heterocycles. The molecule has 2 aromatic carbocycles. The molecule has 0 spiro atoms. The van der Waals surface area contributed by atoms with Crippen LogP contribution >= 0.6 is 24.0 Å². The first-order valence-corrected chi connectivity index (χ1v) is 8.33. The van der Waals surface area contributed by atoms with Crippen molar-refractivity contribution in [3.63, 3.8) is 0 Å². The predicted molar refractivity (Wildman–Crippen MR) is 106 cm³/mol. The molecule has 0 unspecified atom stereocenters. The second-order valence-electron chi connectivity index (χ2n) is 5.99. The number of hydrogen-bond donors (Lipinski definition) is 2. The monoisotopic (exact) mass is 389 g/mol. The number of nitrogens with two attached hydrogens (primary N) is 1. The minimum absolute atomic E-state index is 0. The van der Waals surface area contributed by atoms with Crippen LogP contribution in [0.25, 0.3) is 10.9 Å². The Hall–Kier alpha value is -2.50. The first kappa shape index (κ1) is 18.3.